The number of aliphatic hydroxyl groups excluding tert-OH is 3. The van der Waals surface area contributed by atoms with Gasteiger partial charge in [-0.2, -0.15) is 0 Å². The first-order valence-electron chi connectivity index (χ1n) is 5.66. The molecule has 0 spiro atoms. The lowest BCUT2D eigenvalue weighted by atomic mass is 9.99. The highest BCUT2D eigenvalue weighted by Gasteiger charge is 2.48. The quantitative estimate of drug-likeness (QED) is 0.582. The number of aliphatic hydroxyl groups is 3. The average molecular weight is 262 g/mol. The molecule has 3 N–H and O–H groups in total. The van der Waals surface area contributed by atoms with Crippen LogP contribution in [0.2, 0.25) is 0 Å². The van der Waals surface area contributed by atoms with Crippen molar-refractivity contribution in [3.05, 3.63) is 0 Å². The highest BCUT2D eigenvalue weighted by atomic mass is 32.2. The van der Waals surface area contributed by atoms with Crippen LogP contribution in [0, 0.1) is 0 Å². The number of amidine groups is 1. The summed E-state index contributed by atoms with van der Waals surface area (Å²) >= 11 is 1.42. The first-order chi connectivity index (χ1) is 8.08. The Kier molecular flexibility index (Phi) is 3.94. The number of aliphatic imine (C=N–C) groups is 1. The van der Waals surface area contributed by atoms with Gasteiger partial charge in [0.2, 0.25) is 0 Å². The Hall–Kier alpha value is -0.340. The van der Waals surface area contributed by atoms with Crippen molar-refractivity contribution >= 4 is 16.9 Å². The maximum Gasteiger partial charge on any atom is 0.162 e. The van der Waals surface area contributed by atoms with Crippen LogP contribution < -0.4 is 0 Å². The minimum absolute atomic E-state index is 0.305. The third-order valence-corrected chi connectivity index (χ3v) is 4.38. The van der Waals surface area contributed by atoms with Gasteiger partial charge in [0.15, 0.2) is 5.17 Å². The van der Waals surface area contributed by atoms with Gasteiger partial charge in [-0.3, -0.25) is 4.99 Å². The number of nitrogens with zero attached hydrogens (tertiary/aromatic N) is 2. The van der Waals surface area contributed by atoms with Gasteiger partial charge in [0, 0.05) is 13.6 Å². The molecule has 0 aromatic carbocycles. The largest absolute Gasteiger partial charge is 0.394 e. The van der Waals surface area contributed by atoms with Crippen LogP contribution in [-0.2, 0) is 4.74 Å². The van der Waals surface area contributed by atoms with E-state index in [4.69, 9.17) is 9.84 Å². The fourth-order valence-electron chi connectivity index (χ4n) is 1.89. The second-order valence-corrected chi connectivity index (χ2v) is 5.31. The lowest BCUT2D eigenvalue weighted by Crippen LogP contribution is -2.55. The van der Waals surface area contributed by atoms with Crippen LogP contribution in [0.3, 0.4) is 0 Å². The van der Waals surface area contributed by atoms with E-state index in [1.807, 2.05) is 18.9 Å². The second kappa shape index (κ2) is 5.11. The molecule has 6 nitrogen and oxygen atoms in total. The van der Waals surface area contributed by atoms with E-state index in [9.17, 15) is 10.2 Å². The summed E-state index contributed by atoms with van der Waals surface area (Å²) in [6.07, 6.45) is -2.81. The number of hydrogen-bond donors (Lipinski definition) is 3. The predicted molar refractivity (Wildman–Crippen MR) is 64.9 cm³/mol. The van der Waals surface area contributed by atoms with Crippen LogP contribution in [0.1, 0.15) is 6.92 Å². The summed E-state index contributed by atoms with van der Waals surface area (Å²) in [5.41, 5.74) is -0.324. The van der Waals surface area contributed by atoms with Crippen molar-refractivity contribution in [2.45, 2.75) is 36.7 Å². The van der Waals surface area contributed by atoms with Gasteiger partial charge >= 0.3 is 0 Å². The van der Waals surface area contributed by atoms with Crippen LogP contribution in [0.5, 0.6) is 0 Å². The van der Waals surface area contributed by atoms with Gasteiger partial charge < -0.3 is 25.0 Å². The van der Waals surface area contributed by atoms with E-state index < -0.39 is 24.4 Å². The fraction of sp³-hybridized carbons (Fsp3) is 0.900. The summed E-state index contributed by atoms with van der Waals surface area (Å²) in [7, 11) is 1.91. The maximum atomic E-state index is 9.94. The van der Waals surface area contributed by atoms with Gasteiger partial charge in [-0.25, -0.2) is 0 Å². The van der Waals surface area contributed by atoms with Crippen LogP contribution in [0.4, 0.5) is 0 Å². The molecule has 0 aromatic rings. The monoisotopic (exact) mass is 262 g/mol. The Labute approximate surface area is 104 Å². The molecule has 2 heterocycles. The van der Waals surface area contributed by atoms with E-state index >= 15 is 0 Å². The van der Waals surface area contributed by atoms with Crippen LogP contribution >= 0.6 is 11.8 Å². The minimum Gasteiger partial charge on any atom is -0.394 e. The number of hydrogen-bond acceptors (Lipinski definition) is 7. The van der Waals surface area contributed by atoms with E-state index in [1.54, 1.807) is 0 Å². The number of rotatable bonds is 2. The first kappa shape index (κ1) is 13.1. The Balaban J connectivity index is 2.12. The van der Waals surface area contributed by atoms with Crippen molar-refractivity contribution in [1.82, 2.24) is 4.90 Å². The van der Waals surface area contributed by atoms with Crippen molar-refractivity contribution in [2.24, 2.45) is 4.99 Å². The maximum absolute atomic E-state index is 9.94. The molecule has 1 fully saturated rings. The van der Waals surface area contributed by atoms with Gasteiger partial charge in [0.1, 0.15) is 29.8 Å². The molecule has 5 unspecified atom stereocenters. The van der Waals surface area contributed by atoms with E-state index in [-0.39, 0.29) is 12.0 Å². The molecule has 7 heteroatoms. The molecule has 2 rings (SSSR count). The lowest BCUT2D eigenvalue weighted by molar-refractivity contribution is -0.164. The van der Waals surface area contributed by atoms with Gasteiger partial charge in [0.25, 0.3) is 0 Å². The highest BCUT2D eigenvalue weighted by molar-refractivity contribution is 8.14. The topological polar surface area (TPSA) is 85.5 Å². The summed E-state index contributed by atoms with van der Waals surface area (Å²) in [5.74, 6) is 0. The SMILES string of the molecule is CCN(C)C1=NC2C(OC(CO)C(O)C2O)S1. The smallest absolute Gasteiger partial charge is 0.162 e. The van der Waals surface area contributed by atoms with Crippen molar-refractivity contribution in [1.29, 1.82) is 0 Å². The van der Waals surface area contributed by atoms with E-state index in [1.165, 1.54) is 11.8 Å². The molecular weight excluding hydrogens is 244 g/mol. The van der Waals surface area contributed by atoms with Crippen molar-refractivity contribution in [2.75, 3.05) is 20.2 Å². The van der Waals surface area contributed by atoms with Crippen LogP contribution in [0.15, 0.2) is 4.99 Å². The molecule has 2 aliphatic heterocycles. The summed E-state index contributed by atoms with van der Waals surface area (Å²) in [6.45, 7) is 2.52. The normalized spacial score (nSPS) is 41.0. The second-order valence-electron chi connectivity index (χ2n) is 4.24. The molecule has 1 saturated heterocycles. The summed E-state index contributed by atoms with van der Waals surface area (Å²) in [4.78, 5) is 6.33. The van der Waals surface area contributed by atoms with Crippen molar-refractivity contribution < 1.29 is 20.1 Å². The van der Waals surface area contributed by atoms with Crippen LogP contribution in [-0.4, -0.2) is 75.4 Å². The van der Waals surface area contributed by atoms with Crippen LogP contribution in [0.25, 0.3) is 0 Å². The molecule has 0 radical (unpaired) electrons. The Bertz CT molecular complexity index is 315. The van der Waals surface area contributed by atoms with E-state index in [2.05, 4.69) is 4.99 Å². The van der Waals surface area contributed by atoms with Gasteiger partial charge in [-0.15, -0.1) is 0 Å². The van der Waals surface area contributed by atoms with Crippen molar-refractivity contribution in [3.63, 3.8) is 0 Å². The third kappa shape index (κ3) is 2.30. The summed E-state index contributed by atoms with van der Waals surface area (Å²) < 4.78 is 5.53. The molecule has 17 heavy (non-hydrogen) atoms. The third-order valence-electron chi connectivity index (χ3n) is 3.13. The first-order valence-corrected chi connectivity index (χ1v) is 6.54. The van der Waals surface area contributed by atoms with E-state index in [0.717, 1.165) is 11.7 Å². The molecule has 5 atom stereocenters. The van der Waals surface area contributed by atoms with Gasteiger partial charge in [0.05, 0.1) is 6.61 Å². The zero-order valence-electron chi connectivity index (χ0n) is 9.85. The predicted octanol–water partition coefficient (Wildman–Crippen LogP) is -1.15. The average Bonchev–Trinajstić information content (AvgIpc) is 2.76. The summed E-state index contributed by atoms with van der Waals surface area (Å²) in [6, 6.07) is -0.457. The molecule has 0 aliphatic carbocycles. The minimum atomic E-state index is -1.09. The Morgan fingerprint density at radius 2 is 2.12 bits per heavy atom. The summed E-state index contributed by atoms with van der Waals surface area (Å²) in [5, 5.41) is 29.5. The Morgan fingerprint density at radius 1 is 1.41 bits per heavy atom. The zero-order chi connectivity index (χ0) is 12.6. The number of ether oxygens (including phenoxy) is 1. The van der Waals surface area contributed by atoms with E-state index in [0.29, 0.717) is 0 Å². The van der Waals surface area contributed by atoms with Gasteiger partial charge in [-0.1, -0.05) is 11.8 Å². The Morgan fingerprint density at radius 3 is 2.71 bits per heavy atom. The van der Waals surface area contributed by atoms with Gasteiger partial charge in [-0.05, 0) is 6.92 Å². The number of fused-ring (bicyclic) bond motifs is 1. The number of thioether (sulfide) groups is 1. The zero-order valence-corrected chi connectivity index (χ0v) is 10.7. The standard InChI is InChI=1S/C10H18N2O4S/c1-3-12(2)10-11-6-8(15)7(14)5(4-13)16-9(6)17-10/h5-9,13-15H,3-4H2,1-2H3. The molecule has 0 bridgehead atoms. The molecule has 98 valence electrons. The fourth-order valence-corrected chi connectivity index (χ4v) is 3.15. The molecule has 0 aromatic heterocycles. The molecule has 2 aliphatic rings. The molecule has 0 amide bonds. The molecular formula is C10H18N2O4S. The molecule has 0 saturated carbocycles. The van der Waals surface area contributed by atoms with Crippen molar-refractivity contribution in [3.8, 4) is 0 Å². The lowest BCUT2D eigenvalue weighted by Gasteiger charge is -2.37. The highest BCUT2D eigenvalue weighted by Crippen LogP contribution is 2.36.